The van der Waals surface area contributed by atoms with Crippen LogP contribution in [0.1, 0.15) is 0 Å². The van der Waals surface area contributed by atoms with E-state index in [0.717, 1.165) is 0 Å². The van der Waals surface area contributed by atoms with Gasteiger partial charge in [0.25, 0.3) is 0 Å². The van der Waals surface area contributed by atoms with Crippen molar-refractivity contribution in [2.75, 3.05) is 46.5 Å². The number of carbonyl (C=O) groups is 2. The van der Waals surface area contributed by atoms with E-state index in [1.54, 1.807) is 7.11 Å². The van der Waals surface area contributed by atoms with Gasteiger partial charge in [-0.05, 0) is 0 Å². The van der Waals surface area contributed by atoms with Gasteiger partial charge in [-0.25, -0.2) is 0 Å². The van der Waals surface area contributed by atoms with E-state index in [1.165, 1.54) is 9.80 Å². The molecular formula is C9H16N2O4. The number of hydrogen-bond donors (Lipinski definition) is 1. The Hall–Kier alpha value is -1.14. The van der Waals surface area contributed by atoms with Crippen molar-refractivity contribution in [3.63, 3.8) is 0 Å². The van der Waals surface area contributed by atoms with E-state index in [9.17, 15) is 9.59 Å². The van der Waals surface area contributed by atoms with E-state index in [0.29, 0.717) is 13.2 Å². The van der Waals surface area contributed by atoms with Crippen LogP contribution >= 0.6 is 0 Å². The number of rotatable bonds is 5. The molecule has 6 heteroatoms. The van der Waals surface area contributed by atoms with E-state index >= 15 is 0 Å². The van der Waals surface area contributed by atoms with Crippen molar-refractivity contribution in [1.29, 1.82) is 0 Å². The zero-order chi connectivity index (χ0) is 11.3. The number of aliphatic hydroxyl groups is 1. The monoisotopic (exact) mass is 216 g/mol. The fraction of sp³-hybridized carbons (Fsp3) is 0.778. The number of methoxy groups -OCH3 is 1. The number of amides is 2. The summed E-state index contributed by atoms with van der Waals surface area (Å²) in [6, 6.07) is 0. The highest BCUT2D eigenvalue weighted by molar-refractivity contribution is 5.92. The Morgan fingerprint density at radius 3 is 2.20 bits per heavy atom. The molecule has 86 valence electrons. The lowest BCUT2D eigenvalue weighted by atomic mass is 10.3. The zero-order valence-electron chi connectivity index (χ0n) is 8.81. The minimum Gasteiger partial charge on any atom is -0.395 e. The van der Waals surface area contributed by atoms with Crippen LogP contribution in [-0.4, -0.2) is 73.2 Å². The van der Waals surface area contributed by atoms with Gasteiger partial charge in [-0.15, -0.1) is 0 Å². The molecular weight excluding hydrogens is 200 g/mol. The normalized spacial score (nSPS) is 17.5. The number of aliphatic hydroxyl groups excluding tert-OH is 1. The minimum atomic E-state index is -0.125. The molecule has 0 aliphatic carbocycles. The van der Waals surface area contributed by atoms with Crippen LogP contribution in [0.3, 0.4) is 0 Å². The van der Waals surface area contributed by atoms with Crippen molar-refractivity contribution < 1.29 is 19.4 Å². The molecule has 6 nitrogen and oxygen atoms in total. The van der Waals surface area contributed by atoms with E-state index in [4.69, 9.17) is 9.84 Å². The molecule has 1 aliphatic rings. The van der Waals surface area contributed by atoms with Crippen LogP contribution in [0, 0.1) is 0 Å². The van der Waals surface area contributed by atoms with Gasteiger partial charge >= 0.3 is 0 Å². The van der Waals surface area contributed by atoms with Gasteiger partial charge in [0.05, 0.1) is 26.3 Å². The lowest BCUT2D eigenvalue weighted by Gasteiger charge is -2.33. The summed E-state index contributed by atoms with van der Waals surface area (Å²) in [5.41, 5.74) is 0. The molecule has 1 N–H and O–H groups in total. The third-order valence-corrected chi connectivity index (χ3v) is 2.29. The fourth-order valence-electron chi connectivity index (χ4n) is 1.43. The Morgan fingerprint density at radius 2 is 1.73 bits per heavy atom. The first kappa shape index (κ1) is 11.9. The molecule has 0 unspecified atom stereocenters. The topological polar surface area (TPSA) is 70.1 Å². The van der Waals surface area contributed by atoms with Crippen molar-refractivity contribution in [3.05, 3.63) is 0 Å². The number of piperazine rings is 1. The summed E-state index contributed by atoms with van der Waals surface area (Å²) < 4.78 is 4.84. The summed E-state index contributed by atoms with van der Waals surface area (Å²) in [5.74, 6) is -0.222. The van der Waals surface area contributed by atoms with Gasteiger partial charge in [0, 0.05) is 20.2 Å². The Bertz CT molecular complexity index is 244. The average molecular weight is 216 g/mol. The molecule has 1 fully saturated rings. The van der Waals surface area contributed by atoms with Crippen molar-refractivity contribution in [2.24, 2.45) is 0 Å². The molecule has 0 aromatic rings. The van der Waals surface area contributed by atoms with Gasteiger partial charge in [0.2, 0.25) is 11.8 Å². The molecule has 0 radical (unpaired) electrons. The molecule has 1 rings (SSSR count). The highest BCUT2D eigenvalue weighted by Gasteiger charge is 2.28. The second-order valence-electron chi connectivity index (χ2n) is 3.35. The highest BCUT2D eigenvalue weighted by Crippen LogP contribution is 2.04. The second-order valence-corrected chi connectivity index (χ2v) is 3.35. The maximum atomic E-state index is 11.5. The lowest BCUT2D eigenvalue weighted by molar-refractivity contribution is -0.150. The van der Waals surface area contributed by atoms with Crippen molar-refractivity contribution in [1.82, 2.24) is 9.80 Å². The van der Waals surface area contributed by atoms with Crippen LogP contribution in [0.15, 0.2) is 0 Å². The Morgan fingerprint density at radius 1 is 1.20 bits per heavy atom. The average Bonchev–Trinajstić information content (AvgIpc) is 2.21. The van der Waals surface area contributed by atoms with Gasteiger partial charge in [-0.1, -0.05) is 0 Å². The molecule has 0 bridgehead atoms. The molecule has 1 heterocycles. The molecule has 0 saturated carbocycles. The van der Waals surface area contributed by atoms with E-state index in [2.05, 4.69) is 0 Å². The van der Waals surface area contributed by atoms with Crippen LogP contribution in [0.4, 0.5) is 0 Å². The first-order valence-electron chi connectivity index (χ1n) is 4.84. The van der Waals surface area contributed by atoms with Crippen LogP contribution < -0.4 is 0 Å². The maximum absolute atomic E-state index is 11.5. The zero-order valence-corrected chi connectivity index (χ0v) is 8.81. The van der Waals surface area contributed by atoms with E-state index < -0.39 is 0 Å². The SMILES string of the molecule is COCCN1CC(=O)N(CCO)CC1=O. The Labute approximate surface area is 88.4 Å². The van der Waals surface area contributed by atoms with Crippen LogP contribution in [0.25, 0.3) is 0 Å². The van der Waals surface area contributed by atoms with Gasteiger partial charge in [-0.3, -0.25) is 9.59 Å². The van der Waals surface area contributed by atoms with Crippen LogP contribution in [0.5, 0.6) is 0 Å². The summed E-state index contributed by atoms with van der Waals surface area (Å²) in [5, 5.41) is 8.69. The van der Waals surface area contributed by atoms with Gasteiger partial charge < -0.3 is 19.6 Å². The van der Waals surface area contributed by atoms with Gasteiger partial charge in [0.15, 0.2) is 0 Å². The Kier molecular flexibility index (Phi) is 4.51. The lowest BCUT2D eigenvalue weighted by Crippen LogP contribution is -2.54. The van der Waals surface area contributed by atoms with Gasteiger partial charge in [-0.2, -0.15) is 0 Å². The summed E-state index contributed by atoms with van der Waals surface area (Å²) in [7, 11) is 1.55. The third kappa shape index (κ3) is 3.17. The van der Waals surface area contributed by atoms with Crippen LogP contribution in [-0.2, 0) is 14.3 Å². The number of carbonyl (C=O) groups excluding carboxylic acids is 2. The first-order valence-corrected chi connectivity index (χ1v) is 4.84. The highest BCUT2D eigenvalue weighted by atomic mass is 16.5. The quantitative estimate of drug-likeness (QED) is 0.594. The number of ether oxygens (including phenoxy) is 1. The summed E-state index contributed by atoms with van der Waals surface area (Å²) in [4.78, 5) is 25.8. The standard InChI is InChI=1S/C9H16N2O4/c1-15-5-3-11-7-8(13)10(2-4-12)6-9(11)14/h12H,2-7H2,1H3. The number of nitrogens with zero attached hydrogens (tertiary/aromatic N) is 2. The number of hydrogen-bond acceptors (Lipinski definition) is 4. The smallest absolute Gasteiger partial charge is 0.242 e. The molecule has 1 aliphatic heterocycles. The van der Waals surface area contributed by atoms with Crippen molar-refractivity contribution >= 4 is 11.8 Å². The molecule has 0 aromatic heterocycles. The molecule has 15 heavy (non-hydrogen) atoms. The van der Waals surface area contributed by atoms with E-state index in [-0.39, 0.29) is 38.1 Å². The Balaban J connectivity index is 2.47. The summed E-state index contributed by atoms with van der Waals surface area (Å²) >= 11 is 0. The largest absolute Gasteiger partial charge is 0.395 e. The predicted octanol–water partition coefficient (Wildman–Crippen LogP) is -1.70. The van der Waals surface area contributed by atoms with E-state index in [1.807, 2.05) is 0 Å². The predicted molar refractivity (Wildman–Crippen MR) is 52.1 cm³/mol. The molecule has 0 aromatic carbocycles. The number of β-amino-alcohol motifs (C(OH)–C–C–N with tert-alkyl or cyclic N) is 1. The molecule has 0 spiro atoms. The third-order valence-electron chi connectivity index (χ3n) is 2.29. The molecule has 2 amide bonds. The van der Waals surface area contributed by atoms with Crippen molar-refractivity contribution in [2.45, 2.75) is 0 Å². The van der Waals surface area contributed by atoms with Crippen molar-refractivity contribution in [3.8, 4) is 0 Å². The molecule has 0 atom stereocenters. The summed E-state index contributed by atoms with van der Waals surface area (Å²) in [6.45, 7) is 1.12. The minimum absolute atomic E-state index is 0.0586. The van der Waals surface area contributed by atoms with Gasteiger partial charge in [0.1, 0.15) is 0 Å². The first-order chi connectivity index (χ1) is 7.19. The van der Waals surface area contributed by atoms with Crippen LogP contribution in [0.2, 0.25) is 0 Å². The summed E-state index contributed by atoms with van der Waals surface area (Å²) in [6.07, 6.45) is 0. The molecule has 1 saturated heterocycles. The fourth-order valence-corrected chi connectivity index (χ4v) is 1.43. The maximum Gasteiger partial charge on any atom is 0.242 e. The second kappa shape index (κ2) is 5.67.